The van der Waals surface area contributed by atoms with E-state index in [1.165, 1.54) is 31.4 Å². The number of amides is 1. The van der Waals surface area contributed by atoms with E-state index in [4.69, 9.17) is 4.74 Å². The van der Waals surface area contributed by atoms with Gasteiger partial charge in [0.1, 0.15) is 0 Å². The molecule has 0 radical (unpaired) electrons. The van der Waals surface area contributed by atoms with Crippen LogP contribution in [0.4, 0.5) is 24.5 Å². The fourth-order valence-corrected chi connectivity index (χ4v) is 4.40. The number of anilines is 2. The molecule has 1 amide bonds. The fourth-order valence-electron chi connectivity index (χ4n) is 3.13. The van der Waals surface area contributed by atoms with Crippen LogP contribution in [-0.2, 0) is 25.7 Å². The maximum atomic E-state index is 12.9. The maximum absolute atomic E-state index is 12.9. The lowest BCUT2D eigenvalue weighted by molar-refractivity contribution is -0.137. The molecule has 0 bridgehead atoms. The Morgan fingerprint density at radius 1 is 1.13 bits per heavy atom. The lowest BCUT2D eigenvalue weighted by atomic mass is 10.1. The largest absolute Gasteiger partial charge is 0.416 e. The molecule has 0 heterocycles. The van der Waals surface area contributed by atoms with Gasteiger partial charge in [-0.2, -0.15) is 13.2 Å². The lowest BCUT2D eigenvalue weighted by Gasteiger charge is -2.16. The third kappa shape index (κ3) is 4.76. The molecule has 30 heavy (non-hydrogen) atoms. The van der Waals surface area contributed by atoms with Crippen LogP contribution in [0.1, 0.15) is 24.0 Å². The van der Waals surface area contributed by atoms with Crippen molar-refractivity contribution in [1.82, 2.24) is 0 Å². The van der Waals surface area contributed by atoms with Gasteiger partial charge in [-0.05, 0) is 61.7 Å². The first-order valence-corrected chi connectivity index (χ1v) is 10.6. The highest BCUT2D eigenvalue weighted by atomic mass is 32.2. The summed E-state index contributed by atoms with van der Waals surface area (Å²) in [5.74, 6) is -0.193. The van der Waals surface area contributed by atoms with Gasteiger partial charge in [-0.3, -0.25) is 9.52 Å². The number of carbonyl (C=O) groups is 1. The number of halogens is 3. The second kappa shape index (κ2) is 7.92. The number of carbonyl (C=O) groups excluding carboxylic acids is 1. The minimum absolute atomic E-state index is 0.101. The first kappa shape index (κ1) is 22.1. The molecule has 1 aliphatic rings. The van der Waals surface area contributed by atoms with E-state index in [1.54, 1.807) is 6.92 Å². The second-order valence-corrected chi connectivity index (χ2v) is 8.98. The number of hydrogen-bond donors (Lipinski definition) is 2. The van der Waals surface area contributed by atoms with E-state index in [-0.39, 0.29) is 16.5 Å². The summed E-state index contributed by atoms with van der Waals surface area (Å²) < 4.78 is 71.2. The molecular weight excluding hydrogens is 421 g/mol. The third-order valence-corrected chi connectivity index (χ3v) is 6.46. The van der Waals surface area contributed by atoms with Gasteiger partial charge in [-0.25, -0.2) is 8.42 Å². The van der Waals surface area contributed by atoms with E-state index in [9.17, 15) is 26.4 Å². The average molecular weight is 442 g/mol. The zero-order chi connectivity index (χ0) is 22.2. The molecule has 0 aliphatic heterocycles. The number of rotatable bonds is 7. The molecular formula is C20H21F3N2O4S. The molecule has 0 atom stereocenters. The summed E-state index contributed by atoms with van der Waals surface area (Å²) in [6, 6.07) is 8.19. The van der Waals surface area contributed by atoms with Crippen LogP contribution in [0, 0.1) is 12.3 Å². The number of ether oxygens (including phenoxy) is 1. The third-order valence-electron chi connectivity index (χ3n) is 4.92. The second-order valence-electron chi connectivity index (χ2n) is 7.33. The topological polar surface area (TPSA) is 84.5 Å². The Labute approximate surface area is 172 Å². The van der Waals surface area contributed by atoms with E-state index in [2.05, 4.69) is 10.0 Å². The van der Waals surface area contributed by atoms with Gasteiger partial charge >= 0.3 is 6.18 Å². The van der Waals surface area contributed by atoms with E-state index >= 15 is 0 Å². The molecule has 3 rings (SSSR count). The quantitative estimate of drug-likeness (QED) is 0.674. The van der Waals surface area contributed by atoms with Crippen LogP contribution in [0.5, 0.6) is 0 Å². The lowest BCUT2D eigenvalue weighted by Crippen LogP contribution is -2.28. The zero-order valence-corrected chi connectivity index (χ0v) is 17.2. The fraction of sp³-hybridized carbons (Fsp3) is 0.350. The molecule has 6 nitrogen and oxygen atoms in total. The van der Waals surface area contributed by atoms with Crippen LogP contribution in [0.25, 0.3) is 0 Å². The van der Waals surface area contributed by atoms with Crippen molar-refractivity contribution in [3.8, 4) is 0 Å². The summed E-state index contributed by atoms with van der Waals surface area (Å²) in [5.41, 5.74) is -0.931. The minimum Gasteiger partial charge on any atom is -0.384 e. The van der Waals surface area contributed by atoms with Gasteiger partial charge in [0.2, 0.25) is 5.91 Å². The van der Waals surface area contributed by atoms with E-state index in [0.29, 0.717) is 17.9 Å². The SMILES string of the molecule is COCC1(C(=O)Nc2ccc(S(=O)(=O)Nc3cccc(C(F)(F)F)c3)c(C)c2)CC1. The molecule has 0 unspecified atom stereocenters. The van der Waals surface area contributed by atoms with E-state index in [0.717, 1.165) is 31.0 Å². The molecule has 0 aromatic heterocycles. The van der Waals surface area contributed by atoms with Crippen molar-refractivity contribution in [3.05, 3.63) is 53.6 Å². The predicted molar refractivity (Wildman–Crippen MR) is 106 cm³/mol. The molecule has 162 valence electrons. The highest BCUT2D eigenvalue weighted by Crippen LogP contribution is 2.46. The maximum Gasteiger partial charge on any atom is 0.416 e. The number of benzene rings is 2. The van der Waals surface area contributed by atoms with Crippen LogP contribution >= 0.6 is 0 Å². The van der Waals surface area contributed by atoms with E-state index in [1.807, 2.05) is 0 Å². The standard InChI is InChI=1S/C20H21F3N2O4S/c1-13-10-15(24-18(26)19(8-9-19)12-29-2)6-7-17(13)30(27,28)25-16-5-3-4-14(11-16)20(21,22)23/h3-7,10-11,25H,8-9,12H2,1-2H3,(H,24,26). The Morgan fingerprint density at radius 3 is 2.40 bits per heavy atom. The van der Waals surface area contributed by atoms with Crippen LogP contribution in [0.3, 0.4) is 0 Å². The molecule has 1 saturated carbocycles. The number of hydrogen-bond acceptors (Lipinski definition) is 4. The van der Waals surface area contributed by atoms with Gasteiger partial charge in [-0.1, -0.05) is 6.07 Å². The first-order valence-electron chi connectivity index (χ1n) is 9.08. The Balaban J connectivity index is 1.78. The summed E-state index contributed by atoms with van der Waals surface area (Å²) in [4.78, 5) is 12.3. The molecule has 1 fully saturated rings. The van der Waals surface area contributed by atoms with Crippen molar-refractivity contribution in [3.63, 3.8) is 0 Å². The van der Waals surface area contributed by atoms with Gasteiger partial charge < -0.3 is 10.1 Å². The van der Waals surface area contributed by atoms with Crippen molar-refractivity contribution >= 4 is 27.3 Å². The number of aryl methyl sites for hydroxylation is 1. The van der Waals surface area contributed by atoms with Crippen LogP contribution < -0.4 is 10.0 Å². The Morgan fingerprint density at radius 2 is 1.83 bits per heavy atom. The summed E-state index contributed by atoms with van der Waals surface area (Å²) in [6.45, 7) is 1.85. The predicted octanol–water partition coefficient (Wildman–Crippen LogP) is 4.18. The minimum atomic E-state index is -4.58. The van der Waals surface area contributed by atoms with Gasteiger partial charge in [-0.15, -0.1) is 0 Å². The first-order chi connectivity index (χ1) is 14.0. The monoisotopic (exact) mass is 442 g/mol. The number of alkyl halides is 3. The van der Waals surface area contributed by atoms with Crippen molar-refractivity contribution in [2.24, 2.45) is 5.41 Å². The molecule has 2 N–H and O–H groups in total. The van der Waals surface area contributed by atoms with Gasteiger partial charge in [0.25, 0.3) is 10.0 Å². The number of methoxy groups -OCH3 is 1. The zero-order valence-electron chi connectivity index (χ0n) is 16.3. The summed E-state index contributed by atoms with van der Waals surface area (Å²) in [5, 5.41) is 2.76. The van der Waals surface area contributed by atoms with Crippen LogP contribution in [0.2, 0.25) is 0 Å². The van der Waals surface area contributed by atoms with Gasteiger partial charge in [0.05, 0.1) is 22.5 Å². The van der Waals surface area contributed by atoms with E-state index < -0.39 is 27.2 Å². The number of sulfonamides is 1. The Hall–Kier alpha value is -2.59. The molecule has 0 spiro atoms. The van der Waals surface area contributed by atoms with Gasteiger partial charge in [0, 0.05) is 18.5 Å². The normalized spacial score (nSPS) is 15.5. The van der Waals surface area contributed by atoms with Gasteiger partial charge in [0.15, 0.2) is 0 Å². The van der Waals surface area contributed by atoms with Crippen LogP contribution in [-0.4, -0.2) is 28.0 Å². The molecule has 10 heteroatoms. The average Bonchev–Trinajstić information content (AvgIpc) is 3.42. The highest BCUT2D eigenvalue weighted by molar-refractivity contribution is 7.92. The van der Waals surface area contributed by atoms with Crippen LogP contribution in [0.15, 0.2) is 47.4 Å². The Bertz CT molecular complexity index is 1060. The highest BCUT2D eigenvalue weighted by Gasteiger charge is 2.49. The summed E-state index contributed by atoms with van der Waals surface area (Å²) in [7, 11) is -2.60. The summed E-state index contributed by atoms with van der Waals surface area (Å²) in [6.07, 6.45) is -3.14. The molecule has 1 aliphatic carbocycles. The summed E-state index contributed by atoms with van der Waals surface area (Å²) >= 11 is 0. The number of nitrogens with one attached hydrogen (secondary N) is 2. The smallest absolute Gasteiger partial charge is 0.384 e. The molecule has 2 aromatic rings. The van der Waals surface area contributed by atoms with Crippen molar-refractivity contribution in [2.75, 3.05) is 23.8 Å². The van der Waals surface area contributed by atoms with Crippen molar-refractivity contribution in [2.45, 2.75) is 30.8 Å². The Kier molecular flexibility index (Phi) is 5.83. The molecule has 2 aromatic carbocycles. The van der Waals surface area contributed by atoms with Crippen molar-refractivity contribution in [1.29, 1.82) is 0 Å². The van der Waals surface area contributed by atoms with Crippen molar-refractivity contribution < 1.29 is 31.1 Å². The molecule has 0 saturated heterocycles.